The van der Waals surface area contributed by atoms with Gasteiger partial charge in [-0.2, -0.15) is 4.80 Å². The minimum absolute atomic E-state index is 0.121. The predicted molar refractivity (Wildman–Crippen MR) is 102 cm³/mol. The summed E-state index contributed by atoms with van der Waals surface area (Å²) in [5.74, 6) is 0.866. The fourth-order valence-electron chi connectivity index (χ4n) is 3.85. The highest BCUT2D eigenvalue weighted by atomic mass is 15.6. The Morgan fingerprint density at radius 3 is 2.35 bits per heavy atom. The molecule has 2 aromatic carbocycles. The quantitative estimate of drug-likeness (QED) is 0.745. The summed E-state index contributed by atoms with van der Waals surface area (Å²) in [5.41, 5.74) is 2.53. The number of nitrogens with zero attached hydrogens (tertiary/aromatic N) is 4. The SMILES string of the molecule is c1ccc(CCCn2nnc(C3(c4ccccc4)CCNCC3)n2)cc1. The van der Waals surface area contributed by atoms with Gasteiger partial charge in [0.05, 0.1) is 12.0 Å². The van der Waals surface area contributed by atoms with E-state index in [1.165, 1.54) is 11.1 Å². The van der Waals surface area contributed by atoms with E-state index in [1.54, 1.807) is 4.80 Å². The van der Waals surface area contributed by atoms with E-state index in [4.69, 9.17) is 5.10 Å². The number of tetrazole rings is 1. The van der Waals surface area contributed by atoms with Gasteiger partial charge in [-0.3, -0.25) is 0 Å². The van der Waals surface area contributed by atoms with Gasteiger partial charge in [-0.25, -0.2) is 0 Å². The molecular weight excluding hydrogens is 322 g/mol. The van der Waals surface area contributed by atoms with Crippen LogP contribution >= 0.6 is 0 Å². The number of piperidine rings is 1. The van der Waals surface area contributed by atoms with E-state index < -0.39 is 0 Å². The van der Waals surface area contributed by atoms with Crippen LogP contribution in [0.2, 0.25) is 0 Å². The number of hydrogen-bond acceptors (Lipinski definition) is 4. The number of rotatable bonds is 6. The molecule has 0 saturated carbocycles. The highest BCUT2D eigenvalue weighted by molar-refractivity contribution is 5.33. The van der Waals surface area contributed by atoms with E-state index in [9.17, 15) is 0 Å². The molecule has 5 heteroatoms. The van der Waals surface area contributed by atoms with Crippen molar-refractivity contribution in [3.05, 3.63) is 77.6 Å². The molecule has 1 saturated heterocycles. The van der Waals surface area contributed by atoms with Crippen LogP contribution in [0.1, 0.15) is 36.2 Å². The second-order valence-corrected chi connectivity index (χ2v) is 7.00. The molecule has 0 radical (unpaired) electrons. The number of hydrogen-bond donors (Lipinski definition) is 1. The summed E-state index contributed by atoms with van der Waals surface area (Å²) >= 11 is 0. The van der Waals surface area contributed by atoms with Gasteiger partial charge in [-0.1, -0.05) is 60.7 Å². The Hall–Kier alpha value is -2.53. The van der Waals surface area contributed by atoms with Gasteiger partial charge in [0.2, 0.25) is 0 Å². The lowest BCUT2D eigenvalue weighted by Gasteiger charge is -2.35. The Morgan fingerprint density at radius 1 is 0.923 bits per heavy atom. The summed E-state index contributed by atoms with van der Waals surface area (Å²) in [4.78, 5) is 1.77. The van der Waals surface area contributed by atoms with Gasteiger partial charge in [0.1, 0.15) is 0 Å². The van der Waals surface area contributed by atoms with Crippen LogP contribution in [0, 0.1) is 0 Å². The molecule has 3 aromatic rings. The van der Waals surface area contributed by atoms with E-state index in [1.807, 2.05) is 0 Å². The molecule has 2 heterocycles. The average molecular weight is 347 g/mol. The Bertz CT molecular complexity index is 807. The molecule has 1 aliphatic heterocycles. The first kappa shape index (κ1) is 16.9. The van der Waals surface area contributed by atoms with Crippen LogP contribution in [0.25, 0.3) is 0 Å². The number of aryl methyl sites for hydroxylation is 2. The number of aromatic nitrogens is 4. The van der Waals surface area contributed by atoms with Crippen LogP contribution in [0.5, 0.6) is 0 Å². The van der Waals surface area contributed by atoms with E-state index >= 15 is 0 Å². The fraction of sp³-hybridized carbons (Fsp3) is 0.381. The molecule has 0 amide bonds. The maximum atomic E-state index is 4.78. The summed E-state index contributed by atoms with van der Waals surface area (Å²) in [6.45, 7) is 2.76. The van der Waals surface area contributed by atoms with Crippen LogP contribution in [-0.2, 0) is 18.4 Å². The molecular formula is C21H25N5. The molecule has 134 valence electrons. The standard InChI is InChI=1S/C21H25N5/c1-3-8-18(9-4-1)10-7-17-26-24-20(23-25-26)21(13-15-22-16-14-21)19-11-5-2-6-12-19/h1-6,8-9,11-12,22H,7,10,13-17H2. The molecule has 5 nitrogen and oxygen atoms in total. The zero-order valence-electron chi connectivity index (χ0n) is 15.0. The molecule has 0 aliphatic carbocycles. The van der Waals surface area contributed by atoms with Crippen molar-refractivity contribution in [1.82, 2.24) is 25.5 Å². The summed E-state index contributed by atoms with van der Waals surface area (Å²) in [6.07, 6.45) is 4.06. The smallest absolute Gasteiger partial charge is 0.185 e. The zero-order chi connectivity index (χ0) is 17.7. The first-order chi connectivity index (χ1) is 12.9. The lowest BCUT2D eigenvalue weighted by atomic mass is 9.72. The maximum Gasteiger partial charge on any atom is 0.185 e. The van der Waals surface area contributed by atoms with Crippen molar-refractivity contribution in [3.63, 3.8) is 0 Å². The molecule has 0 spiro atoms. The normalized spacial score (nSPS) is 16.5. The monoisotopic (exact) mass is 347 g/mol. The van der Waals surface area contributed by atoms with Gasteiger partial charge >= 0.3 is 0 Å². The summed E-state index contributed by atoms with van der Waals surface area (Å²) in [5, 5.41) is 17.1. The second-order valence-electron chi connectivity index (χ2n) is 7.00. The highest BCUT2D eigenvalue weighted by Gasteiger charge is 2.39. The molecule has 26 heavy (non-hydrogen) atoms. The van der Waals surface area contributed by atoms with Crippen molar-refractivity contribution >= 4 is 0 Å². The molecule has 0 atom stereocenters. The molecule has 1 N–H and O–H groups in total. The van der Waals surface area contributed by atoms with Crippen molar-refractivity contribution in [2.24, 2.45) is 0 Å². The minimum Gasteiger partial charge on any atom is -0.317 e. The molecule has 1 aromatic heterocycles. The number of benzene rings is 2. The van der Waals surface area contributed by atoms with Crippen LogP contribution in [0.4, 0.5) is 0 Å². The predicted octanol–water partition coefficient (Wildman–Crippen LogP) is 2.98. The third-order valence-electron chi connectivity index (χ3n) is 5.33. The fourth-order valence-corrected chi connectivity index (χ4v) is 3.85. The molecule has 0 bridgehead atoms. The van der Waals surface area contributed by atoms with E-state index in [2.05, 4.69) is 76.3 Å². The van der Waals surface area contributed by atoms with Gasteiger partial charge in [-0.05, 0) is 55.1 Å². The van der Waals surface area contributed by atoms with Gasteiger partial charge in [0.15, 0.2) is 5.82 Å². The van der Waals surface area contributed by atoms with E-state index in [0.717, 1.165) is 51.1 Å². The Labute approximate surface area is 154 Å². The summed E-state index contributed by atoms with van der Waals surface area (Å²) < 4.78 is 0. The van der Waals surface area contributed by atoms with Gasteiger partial charge < -0.3 is 5.32 Å². The first-order valence-corrected chi connectivity index (χ1v) is 9.45. The van der Waals surface area contributed by atoms with Crippen molar-refractivity contribution in [2.45, 2.75) is 37.6 Å². The summed E-state index contributed by atoms with van der Waals surface area (Å²) in [7, 11) is 0. The average Bonchev–Trinajstić information content (AvgIpc) is 3.19. The van der Waals surface area contributed by atoms with Crippen molar-refractivity contribution < 1.29 is 0 Å². The molecule has 1 aliphatic rings. The van der Waals surface area contributed by atoms with Crippen LogP contribution in [0.3, 0.4) is 0 Å². The summed E-state index contributed by atoms with van der Waals surface area (Å²) in [6, 6.07) is 21.2. The van der Waals surface area contributed by atoms with Gasteiger partial charge in [-0.15, -0.1) is 10.2 Å². The van der Waals surface area contributed by atoms with Crippen LogP contribution in [0.15, 0.2) is 60.7 Å². The number of nitrogens with one attached hydrogen (secondary N) is 1. The maximum absolute atomic E-state index is 4.78. The van der Waals surface area contributed by atoms with Crippen molar-refractivity contribution in [1.29, 1.82) is 0 Å². The molecule has 1 fully saturated rings. The Kier molecular flexibility index (Phi) is 5.07. The topological polar surface area (TPSA) is 55.6 Å². The lowest BCUT2D eigenvalue weighted by molar-refractivity contribution is 0.343. The Morgan fingerprint density at radius 2 is 1.62 bits per heavy atom. The van der Waals surface area contributed by atoms with Crippen molar-refractivity contribution in [2.75, 3.05) is 13.1 Å². The molecule has 0 unspecified atom stereocenters. The zero-order valence-corrected chi connectivity index (χ0v) is 15.0. The van der Waals surface area contributed by atoms with E-state index in [0.29, 0.717) is 0 Å². The van der Waals surface area contributed by atoms with Crippen molar-refractivity contribution in [3.8, 4) is 0 Å². The third kappa shape index (κ3) is 3.53. The second kappa shape index (κ2) is 7.79. The molecule has 4 rings (SSSR count). The highest BCUT2D eigenvalue weighted by Crippen LogP contribution is 2.37. The first-order valence-electron chi connectivity index (χ1n) is 9.45. The minimum atomic E-state index is -0.121. The van der Waals surface area contributed by atoms with Crippen LogP contribution in [-0.4, -0.2) is 33.3 Å². The third-order valence-corrected chi connectivity index (χ3v) is 5.33. The van der Waals surface area contributed by atoms with Gasteiger partial charge in [0.25, 0.3) is 0 Å². The largest absolute Gasteiger partial charge is 0.317 e. The lowest BCUT2D eigenvalue weighted by Crippen LogP contribution is -2.41. The van der Waals surface area contributed by atoms with E-state index in [-0.39, 0.29) is 5.41 Å². The van der Waals surface area contributed by atoms with Gasteiger partial charge in [0, 0.05) is 0 Å². The van der Waals surface area contributed by atoms with Crippen LogP contribution < -0.4 is 5.32 Å². The Balaban J connectivity index is 1.49.